The maximum atomic E-state index is 13.0. The van der Waals surface area contributed by atoms with Crippen LogP contribution in [0, 0.1) is 6.92 Å². The fourth-order valence-electron chi connectivity index (χ4n) is 4.89. The number of nitrogens with two attached hydrogens (primary N) is 1. The van der Waals surface area contributed by atoms with Gasteiger partial charge in [0, 0.05) is 30.4 Å². The first-order valence-corrected chi connectivity index (χ1v) is 12.7. The first-order chi connectivity index (χ1) is 16.9. The fourth-order valence-corrected chi connectivity index (χ4v) is 4.89. The number of aliphatic hydroxyl groups is 1. The number of rotatable bonds is 7. The average molecular weight is 481 g/mol. The monoisotopic (exact) mass is 480 g/mol. The number of nitrogens with zero attached hydrogens (tertiary/aromatic N) is 3. The molecule has 35 heavy (non-hydrogen) atoms. The fraction of sp³-hybridized carbons (Fsp3) is 0.538. The van der Waals surface area contributed by atoms with Crippen molar-refractivity contribution in [1.29, 1.82) is 0 Å². The van der Waals surface area contributed by atoms with E-state index in [9.17, 15) is 14.7 Å². The molecule has 0 spiro atoms. The van der Waals surface area contributed by atoms with Gasteiger partial charge in [-0.15, -0.1) is 0 Å². The van der Waals surface area contributed by atoms with E-state index in [1.807, 2.05) is 36.9 Å². The smallest absolute Gasteiger partial charge is 0.271 e. The number of benzene rings is 1. The maximum absolute atomic E-state index is 13.0. The van der Waals surface area contributed by atoms with E-state index in [2.05, 4.69) is 15.6 Å². The number of nitrogens with one attached hydrogen (secondary N) is 2. The summed E-state index contributed by atoms with van der Waals surface area (Å²) in [7, 11) is 0. The van der Waals surface area contributed by atoms with Gasteiger partial charge in [0.2, 0.25) is 0 Å². The molecule has 1 saturated carbocycles. The van der Waals surface area contributed by atoms with Crippen molar-refractivity contribution in [3.05, 3.63) is 40.7 Å². The molecule has 0 radical (unpaired) electrons. The van der Waals surface area contributed by atoms with Crippen molar-refractivity contribution in [3.8, 4) is 0 Å². The molecule has 2 aromatic rings. The first-order valence-electron chi connectivity index (χ1n) is 12.7. The highest BCUT2D eigenvalue weighted by Gasteiger charge is 2.24. The summed E-state index contributed by atoms with van der Waals surface area (Å²) in [6, 6.07) is 5.71. The maximum Gasteiger partial charge on any atom is 0.271 e. The number of aryl methyl sites for hydroxylation is 2. The number of amides is 2. The van der Waals surface area contributed by atoms with Crippen LogP contribution in [0.15, 0.2) is 18.2 Å². The van der Waals surface area contributed by atoms with E-state index in [1.165, 1.54) is 6.42 Å². The zero-order chi connectivity index (χ0) is 24.9. The first kappa shape index (κ1) is 24.9. The van der Waals surface area contributed by atoms with Crippen LogP contribution in [0.1, 0.15) is 84.0 Å². The van der Waals surface area contributed by atoms with Crippen LogP contribution in [-0.4, -0.2) is 57.0 Å². The van der Waals surface area contributed by atoms with Crippen LogP contribution in [0.5, 0.6) is 0 Å². The molecule has 2 fully saturated rings. The van der Waals surface area contributed by atoms with Gasteiger partial charge in [0.25, 0.3) is 11.8 Å². The lowest BCUT2D eigenvalue weighted by Crippen LogP contribution is -2.35. The lowest BCUT2D eigenvalue weighted by Gasteiger charge is -2.27. The molecule has 2 heterocycles. The minimum atomic E-state index is -0.657. The molecule has 1 aliphatic heterocycles. The molecular formula is C26H36N6O3. The minimum absolute atomic E-state index is 0.0581. The third kappa shape index (κ3) is 5.90. The number of aliphatic hydroxyl groups excluding tert-OH is 1. The van der Waals surface area contributed by atoms with E-state index < -0.39 is 5.91 Å². The lowest BCUT2D eigenvalue weighted by atomic mass is 9.93. The summed E-state index contributed by atoms with van der Waals surface area (Å²) >= 11 is 0. The zero-order valence-corrected chi connectivity index (χ0v) is 20.6. The highest BCUT2D eigenvalue weighted by Crippen LogP contribution is 2.27. The number of likely N-dealkylation sites (tertiary alicyclic amines) is 1. The van der Waals surface area contributed by atoms with Gasteiger partial charge in [0.15, 0.2) is 11.5 Å². The average Bonchev–Trinajstić information content (AvgIpc) is 2.85. The van der Waals surface area contributed by atoms with Crippen LogP contribution in [-0.2, 0) is 6.42 Å². The Morgan fingerprint density at radius 2 is 1.80 bits per heavy atom. The van der Waals surface area contributed by atoms with Gasteiger partial charge in [-0.3, -0.25) is 9.59 Å². The Bertz CT molecular complexity index is 1070. The predicted octanol–water partition coefficient (Wildman–Crippen LogP) is 3.53. The van der Waals surface area contributed by atoms with Gasteiger partial charge in [0.1, 0.15) is 5.82 Å². The van der Waals surface area contributed by atoms with E-state index in [4.69, 9.17) is 10.7 Å². The Hall–Kier alpha value is -3.20. The Morgan fingerprint density at radius 3 is 2.43 bits per heavy atom. The second-order valence-electron chi connectivity index (χ2n) is 9.59. The SMILES string of the molecule is CCc1nc(C(N)=O)c(Nc2ccc(C(=O)N3CCCCC3)c(C)c2)nc1NC1CCC(O)CC1. The highest BCUT2D eigenvalue weighted by atomic mass is 16.3. The Morgan fingerprint density at radius 1 is 1.09 bits per heavy atom. The second-order valence-corrected chi connectivity index (χ2v) is 9.59. The number of piperidine rings is 1. The largest absolute Gasteiger partial charge is 0.393 e. The molecule has 1 aliphatic carbocycles. The molecule has 2 amide bonds. The summed E-state index contributed by atoms with van der Waals surface area (Å²) in [6.07, 6.45) is 6.80. The van der Waals surface area contributed by atoms with Crippen LogP contribution in [0.2, 0.25) is 0 Å². The van der Waals surface area contributed by atoms with E-state index in [1.54, 1.807) is 0 Å². The van der Waals surface area contributed by atoms with E-state index in [0.29, 0.717) is 29.2 Å². The molecule has 0 unspecified atom stereocenters. The van der Waals surface area contributed by atoms with Crippen molar-refractivity contribution in [3.63, 3.8) is 0 Å². The van der Waals surface area contributed by atoms with Crippen LogP contribution in [0.25, 0.3) is 0 Å². The topological polar surface area (TPSA) is 133 Å². The molecule has 2 aliphatic rings. The molecule has 0 bridgehead atoms. The number of anilines is 3. The summed E-state index contributed by atoms with van der Waals surface area (Å²) in [5.74, 6) is 0.302. The van der Waals surface area contributed by atoms with Gasteiger partial charge < -0.3 is 26.4 Å². The standard InChI is InChI=1S/C26H36N6O3/c1-3-21-24(28-17-7-10-19(33)11-8-17)31-25(22(30-21)23(27)34)29-18-9-12-20(16(2)15-18)26(35)32-13-5-4-6-14-32/h9,12,15,17,19,33H,3-8,10-11,13-14H2,1-2H3,(H2,27,34)(H2,28,29,31). The molecule has 5 N–H and O–H groups in total. The third-order valence-corrected chi connectivity index (χ3v) is 6.94. The van der Waals surface area contributed by atoms with Gasteiger partial charge in [-0.2, -0.15) is 0 Å². The number of carbonyl (C=O) groups is 2. The molecule has 188 valence electrons. The van der Waals surface area contributed by atoms with Crippen molar-refractivity contribution in [2.24, 2.45) is 5.73 Å². The van der Waals surface area contributed by atoms with Gasteiger partial charge in [-0.1, -0.05) is 6.92 Å². The van der Waals surface area contributed by atoms with Crippen LogP contribution in [0.3, 0.4) is 0 Å². The molecule has 4 rings (SSSR count). The zero-order valence-electron chi connectivity index (χ0n) is 20.6. The van der Waals surface area contributed by atoms with Crippen molar-refractivity contribution in [2.45, 2.75) is 77.4 Å². The van der Waals surface area contributed by atoms with Crippen molar-refractivity contribution >= 4 is 29.1 Å². The van der Waals surface area contributed by atoms with E-state index >= 15 is 0 Å². The second kappa shape index (κ2) is 11.0. The van der Waals surface area contributed by atoms with Gasteiger partial charge in [-0.25, -0.2) is 9.97 Å². The van der Waals surface area contributed by atoms with Crippen molar-refractivity contribution < 1.29 is 14.7 Å². The number of hydrogen-bond donors (Lipinski definition) is 4. The van der Waals surface area contributed by atoms with Gasteiger partial charge in [0.05, 0.1) is 11.8 Å². The summed E-state index contributed by atoms with van der Waals surface area (Å²) in [5.41, 5.74) is 8.63. The summed E-state index contributed by atoms with van der Waals surface area (Å²) in [4.78, 5) is 36.3. The van der Waals surface area contributed by atoms with Crippen LogP contribution < -0.4 is 16.4 Å². The number of hydrogen-bond acceptors (Lipinski definition) is 7. The molecule has 1 saturated heterocycles. The van der Waals surface area contributed by atoms with Gasteiger partial charge in [-0.05, 0) is 82.1 Å². The predicted molar refractivity (Wildman–Crippen MR) is 136 cm³/mol. The number of primary amides is 1. The normalized spacial score (nSPS) is 20.4. The van der Waals surface area contributed by atoms with Crippen LogP contribution in [0.4, 0.5) is 17.3 Å². The molecule has 1 aromatic carbocycles. The quantitative estimate of drug-likeness (QED) is 0.476. The van der Waals surface area contributed by atoms with E-state index in [0.717, 1.165) is 57.2 Å². The van der Waals surface area contributed by atoms with Crippen molar-refractivity contribution in [2.75, 3.05) is 23.7 Å². The molecular weight excluding hydrogens is 444 g/mol. The summed E-state index contributed by atoms with van der Waals surface area (Å²) in [6.45, 7) is 5.47. The third-order valence-electron chi connectivity index (χ3n) is 6.94. The molecule has 1 aromatic heterocycles. The molecule has 9 heteroatoms. The number of aromatic nitrogens is 2. The van der Waals surface area contributed by atoms with Gasteiger partial charge >= 0.3 is 0 Å². The van der Waals surface area contributed by atoms with Crippen molar-refractivity contribution in [1.82, 2.24) is 14.9 Å². The summed E-state index contributed by atoms with van der Waals surface area (Å²) < 4.78 is 0. The molecule has 9 nitrogen and oxygen atoms in total. The molecule has 0 atom stereocenters. The number of carbonyl (C=O) groups excluding carboxylic acids is 2. The summed E-state index contributed by atoms with van der Waals surface area (Å²) in [5, 5.41) is 16.5. The van der Waals surface area contributed by atoms with Crippen LogP contribution >= 0.6 is 0 Å². The lowest BCUT2D eigenvalue weighted by molar-refractivity contribution is 0.0723. The minimum Gasteiger partial charge on any atom is -0.393 e. The Kier molecular flexibility index (Phi) is 7.85. The Labute approximate surface area is 206 Å². The highest BCUT2D eigenvalue weighted by molar-refractivity contribution is 5.98. The van der Waals surface area contributed by atoms with E-state index in [-0.39, 0.29) is 29.6 Å². The Balaban J connectivity index is 1.57.